The van der Waals surface area contributed by atoms with E-state index in [0.717, 1.165) is 13.0 Å². The van der Waals surface area contributed by atoms with Gasteiger partial charge in [-0.2, -0.15) is 0 Å². The van der Waals surface area contributed by atoms with E-state index in [9.17, 15) is 0 Å². The molecular weight excluding hydrogens is 228 g/mol. The molecule has 0 radical (unpaired) electrons. The zero-order valence-corrected chi connectivity index (χ0v) is 11.1. The fraction of sp³-hybridized carbons (Fsp3) is 0.357. The first-order valence-electron chi connectivity index (χ1n) is 5.97. The molecule has 0 saturated carbocycles. The summed E-state index contributed by atoms with van der Waals surface area (Å²) in [4.78, 5) is 5.59. The largest absolute Gasteiger partial charge is 0.305 e. The number of thiophene rings is 1. The Hall–Kier alpha value is -1.19. The Morgan fingerprint density at radius 2 is 2.29 bits per heavy atom. The first-order chi connectivity index (χ1) is 8.31. The van der Waals surface area contributed by atoms with Gasteiger partial charge in [0.05, 0.1) is 0 Å². The quantitative estimate of drug-likeness (QED) is 0.870. The molecule has 2 nitrogen and oxygen atoms in total. The van der Waals surface area contributed by atoms with Crippen LogP contribution in [0.2, 0.25) is 0 Å². The second-order valence-corrected chi connectivity index (χ2v) is 5.14. The molecule has 0 amide bonds. The van der Waals surface area contributed by atoms with Gasteiger partial charge in [-0.25, -0.2) is 0 Å². The van der Waals surface area contributed by atoms with Crippen LogP contribution in [0.15, 0.2) is 36.0 Å². The Labute approximate surface area is 107 Å². The average Bonchev–Trinajstić information content (AvgIpc) is 2.86. The van der Waals surface area contributed by atoms with Crippen LogP contribution in [0.5, 0.6) is 0 Å². The van der Waals surface area contributed by atoms with Gasteiger partial charge >= 0.3 is 0 Å². The van der Waals surface area contributed by atoms with Crippen molar-refractivity contribution in [3.63, 3.8) is 0 Å². The minimum atomic E-state index is 0.453. The van der Waals surface area contributed by atoms with Crippen LogP contribution in [0.4, 0.5) is 0 Å². The van der Waals surface area contributed by atoms with Gasteiger partial charge in [0, 0.05) is 29.9 Å². The highest BCUT2D eigenvalue weighted by Gasteiger charge is 2.09. The van der Waals surface area contributed by atoms with Crippen molar-refractivity contribution in [3.8, 4) is 0 Å². The van der Waals surface area contributed by atoms with Crippen LogP contribution >= 0.6 is 11.3 Å². The molecule has 0 aliphatic heterocycles. The minimum absolute atomic E-state index is 0.453. The summed E-state index contributed by atoms with van der Waals surface area (Å²) in [6, 6.07) is 6.82. The Bertz CT molecular complexity index is 451. The van der Waals surface area contributed by atoms with Crippen LogP contribution in [0, 0.1) is 6.92 Å². The Balaban J connectivity index is 2.00. The van der Waals surface area contributed by atoms with Gasteiger partial charge in [0.2, 0.25) is 0 Å². The first-order valence-corrected chi connectivity index (χ1v) is 6.85. The van der Waals surface area contributed by atoms with Gasteiger partial charge in [-0.1, -0.05) is 13.0 Å². The Kier molecular flexibility index (Phi) is 4.29. The van der Waals surface area contributed by atoms with E-state index in [2.05, 4.69) is 47.7 Å². The maximum Gasteiger partial charge on any atom is 0.0414 e. The van der Waals surface area contributed by atoms with Crippen molar-refractivity contribution < 1.29 is 0 Å². The molecule has 2 aromatic heterocycles. The molecule has 0 aliphatic carbocycles. The molecule has 3 heteroatoms. The van der Waals surface area contributed by atoms with Gasteiger partial charge in [0.1, 0.15) is 0 Å². The fourth-order valence-corrected chi connectivity index (χ4v) is 2.74. The van der Waals surface area contributed by atoms with Gasteiger partial charge in [0.25, 0.3) is 0 Å². The van der Waals surface area contributed by atoms with Gasteiger partial charge < -0.3 is 5.32 Å². The van der Waals surface area contributed by atoms with Gasteiger partial charge in [-0.3, -0.25) is 4.98 Å². The zero-order valence-electron chi connectivity index (χ0n) is 10.3. The number of nitrogens with zero attached hydrogens (tertiary/aromatic N) is 1. The molecule has 17 heavy (non-hydrogen) atoms. The smallest absolute Gasteiger partial charge is 0.0414 e. The highest BCUT2D eigenvalue weighted by Crippen LogP contribution is 2.22. The second-order valence-electron chi connectivity index (χ2n) is 4.16. The third-order valence-electron chi connectivity index (χ3n) is 2.98. The molecule has 1 N–H and O–H groups in total. The molecule has 1 unspecified atom stereocenters. The Morgan fingerprint density at radius 1 is 1.41 bits per heavy atom. The van der Waals surface area contributed by atoms with Crippen molar-refractivity contribution in [2.75, 3.05) is 0 Å². The monoisotopic (exact) mass is 246 g/mol. The summed E-state index contributed by atoms with van der Waals surface area (Å²) in [5.74, 6) is 0. The van der Waals surface area contributed by atoms with Crippen LogP contribution < -0.4 is 5.32 Å². The van der Waals surface area contributed by atoms with E-state index in [1.807, 2.05) is 23.7 Å². The minimum Gasteiger partial charge on any atom is -0.305 e. The highest BCUT2D eigenvalue weighted by molar-refractivity contribution is 7.10. The predicted molar refractivity (Wildman–Crippen MR) is 73.2 cm³/mol. The highest BCUT2D eigenvalue weighted by atomic mass is 32.1. The summed E-state index contributed by atoms with van der Waals surface area (Å²) in [6.07, 6.45) is 4.90. The number of hydrogen-bond acceptors (Lipinski definition) is 3. The molecule has 0 bridgehead atoms. The molecular formula is C14H18N2S. The van der Waals surface area contributed by atoms with E-state index < -0.39 is 0 Å². The van der Waals surface area contributed by atoms with E-state index in [-0.39, 0.29) is 0 Å². The van der Waals surface area contributed by atoms with Gasteiger partial charge in [0.15, 0.2) is 0 Å². The van der Waals surface area contributed by atoms with E-state index >= 15 is 0 Å². The summed E-state index contributed by atoms with van der Waals surface area (Å²) in [5, 5.41) is 5.73. The molecule has 2 heterocycles. The third kappa shape index (κ3) is 3.14. The van der Waals surface area contributed by atoms with Crippen molar-refractivity contribution in [1.82, 2.24) is 10.3 Å². The first kappa shape index (κ1) is 12.3. The molecule has 0 spiro atoms. The maximum atomic E-state index is 4.17. The number of aryl methyl sites for hydroxylation is 1. The normalized spacial score (nSPS) is 12.6. The molecule has 0 saturated heterocycles. The molecule has 90 valence electrons. The molecule has 2 aromatic rings. The second kappa shape index (κ2) is 5.94. The van der Waals surface area contributed by atoms with Crippen molar-refractivity contribution >= 4 is 11.3 Å². The van der Waals surface area contributed by atoms with Crippen molar-refractivity contribution in [1.29, 1.82) is 0 Å². The molecule has 1 atom stereocenters. The van der Waals surface area contributed by atoms with E-state index in [4.69, 9.17) is 0 Å². The van der Waals surface area contributed by atoms with Gasteiger partial charge in [-0.15, -0.1) is 11.3 Å². The number of nitrogens with one attached hydrogen (secondary N) is 1. The topological polar surface area (TPSA) is 24.9 Å². The fourth-order valence-electron chi connectivity index (χ4n) is 1.85. The summed E-state index contributed by atoms with van der Waals surface area (Å²) in [5.41, 5.74) is 2.58. The summed E-state index contributed by atoms with van der Waals surface area (Å²) in [7, 11) is 0. The van der Waals surface area contributed by atoms with E-state index in [1.54, 1.807) is 0 Å². The van der Waals surface area contributed by atoms with Crippen LogP contribution in [0.3, 0.4) is 0 Å². The van der Waals surface area contributed by atoms with E-state index in [0.29, 0.717) is 6.04 Å². The lowest BCUT2D eigenvalue weighted by atomic mass is 10.1. The standard InChI is InChI=1S/C14H18N2S/c1-3-13(14-5-4-8-17-14)16-10-12-9-15-7-6-11(12)2/h4-9,13,16H,3,10H2,1-2H3. The van der Waals surface area contributed by atoms with E-state index in [1.165, 1.54) is 16.0 Å². The van der Waals surface area contributed by atoms with Crippen molar-refractivity contribution in [2.24, 2.45) is 0 Å². The van der Waals surface area contributed by atoms with Crippen LogP contribution in [-0.2, 0) is 6.54 Å². The lowest BCUT2D eigenvalue weighted by Gasteiger charge is -2.16. The molecule has 2 rings (SSSR count). The SMILES string of the molecule is CCC(NCc1cnccc1C)c1cccs1. The lowest BCUT2D eigenvalue weighted by molar-refractivity contribution is 0.525. The molecule has 0 fully saturated rings. The molecule has 0 aromatic carbocycles. The maximum absolute atomic E-state index is 4.17. The average molecular weight is 246 g/mol. The lowest BCUT2D eigenvalue weighted by Crippen LogP contribution is -2.19. The number of rotatable bonds is 5. The summed E-state index contributed by atoms with van der Waals surface area (Å²) < 4.78 is 0. The zero-order chi connectivity index (χ0) is 12.1. The summed E-state index contributed by atoms with van der Waals surface area (Å²) in [6.45, 7) is 5.23. The number of aromatic nitrogens is 1. The van der Waals surface area contributed by atoms with Crippen LogP contribution in [0.1, 0.15) is 35.4 Å². The van der Waals surface area contributed by atoms with Crippen molar-refractivity contribution in [2.45, 2.75) is 32.9 Å². The number of pyridine rings is 1. The third-order valence-corrected chi connectivity index (χ3v) is 3.97. The Morgan fingerprint density at radius 3 is 2.94 bits per heavy atom. The number of hydrogen-bond donors (Lipinski definition) is 1. The summed E-state index contributed by atoms with van der Waals surface area (Å²) >= 11 is 1.82. The van der Waals surface area contributed by atoms with Gasteiger partial charge in [-0.05, 0) is 42.0 Å². The molecule has 0 aliphatic rings. The van der Waals surface area contributed by atoms with Crippen molar-refractivity contribution in [3.05, 3.63) is 52.0 Å². The van der Waals surface area contributed by atoms with Crippen LogP contribution in [-0.4, -0.2) is 4.98 Å². The van der Waals surface area contributed by atoms with Crippen LogP contribution in [0.25, 0.3) is 0 Å². The predicted octanol–water partition coefficient (Wildman–Crippen LogP) is 3.69.